The number of sulfonamides is 1. The first-order valence-electron chi connectivity index (χ1n) is 8.94. The van der Waals surface area contributed by atoms with E-state index in [0.717, 1.165) is 28.7 Å². The first kappa shape index (κ1) is 21.2. The molecule has 0 radical (unpaired) electrons. The number of rotatable bonds is 6. The molecule has 0 saturated heterocycles. The highest BCUT2D eigenvalue weighted by molar-refractivity contribution is 7.89. The molecule has 1 aromatic heterocycles. The zero-order chi connectivity index (χ0) is 22.1. The van der Waals surface area contributed by atoms with Crippen molar-refractivity contribution in [2.45, 2.75) is 25.7 Å². The molecule has 0 unspecified atom stereocenters. The summed E-state index contributed by atoms with van der Waals surface area (Å²) in [4.78, 5) is 10.3. The third-order valence-electron chi connectivity index (χ3n) is 4.65. The van der Waals surface area contributed by atoms with Crippen LogP contribution in [0.4, 0.5) is 11.4 Å². The fourth-order valence-corrected chi connectivity index (χ4v) is 3.65. The highest BCUT2D eigenvalue weighted by Crippen LogP contribution is 2.27. The molecule has 0 fully saturated rings. The van der Waals surface area contributed by atoms with Crippen LogP contribution in [-0.4, -0.2) is 24.1 Å². The number of benzene rings is 2. The van der Waals surface area contributed by atoms with Crippen LogP contribution in [0.25, 0.3) is 5.69 Å². The predicted molar refractivity (Wildman–Crippen MR) is 116 cm³/mol. The molecule has 0 aliphatic carbocycles. The summed E-state index contributed by atoms with van der Waals surface area (Å²) in [5, 5.41) is 20.4. The molecule has 3 N–H and O–H groups in total. The Labute approximate surface area is 174 Å². The molecule has 30 heavy (non-hydrogen) atoms. The highest BCUT2D eigenvalue weighted by atomic mass is 32.2. The fourth-order valence-electron chi connectivity index (χ4n) is 3.11. The molecule has 156 valence electrons. The molecule has 0 bridgehead atoms. The predicted octanol–water partition coefficient (Wildman–Crippen LogP) is 3.40. The van der Waals surface area contributed by atoms with Crippen molar-refractivity contribution in [2.75, 3.05) is 5.43 Å². The molecule has 3 aromatic rings. The number of nitro groups is 1. The number of nitrogens with two attached hydrogens (primary N) is 1. The smallest absolute Gasteiger partial charge is 0.295 e. The number of hydrogen-bond acceptors (Lipinski definition) is 6. The molecule has 9 nitrogen and oxygen atoms in total. The lowest BCUT2D eigenvalue weighted by molar-refractivity contribution is -0.384. The molecule has 1 heterocycles. The summed E-state index contributed by atoms with van der Waals surface area (Å²) in [6.07, 6.45) is 1.56. The zero-order valence-corrected chi connectivity index (χ0v) is 17.5. The van der Waals surface area contributed by atoms with Crippen LogP contribution in [0.2, 0.25) is 0 Å². The zero-order valence-electron chi connectivity index (χ0n) is 16.7. The summed E-state index contributed by atoms with van der Waals surface area (Å²) in [5.41, 5.74) is 7.22. The van der Waals surface area contributed by atoms with Crippen molar-refractivity contribution >= 4 is 27.6 Å². The number of aromatic nitrogens is 1. The average molecular weight is 427 g/mol. The topological polar surface area (TPSA) is 133 Å². The Morgan fingerprint density at radius 3 is 2.37 bits per heavy atom. The van der Waals surface area contributed by atoms with Gasteiger partial charge in [0.15, 0.2) is 0 Å². The molecule has 0 aliphatic rings. The van der Waals surface area contributed by atoms with Crippen molar-refractivity contribution in [3.8, 4) is 5.69 Å². The van der Waals surface area contributed by atoms with E-state index in [9.17, 15) is 18.5 Å². The van der Waals surface area contributed by atoms with Gasteiger partial charge in [0.2, 0.25) is 10.0 Å². The lowest BCUT2D eigenvalue weighted by atomic mass is 10.2. The Morgan fingerprint density at radius 1 is 1.10 bits per heavy atom. The van der Waals surface area contributed by atoms with Crippen LogP contribution in [0, 0.1) is 30.9 Å². The average Bonchev–Trinajstić information content (AvgIpc) is 2.95. The van der Waals surface area contributed by atoms with Crippen molar-refractivity contribution in [3.63, 3.8) is 0 Å². The molecule has 10 heteroatoms. The minimum atomic E-state index is -4.05. The quantitative estimate of drug-likeness (QED) is 0.353. The van der Waals surface area contributed by atoms with Crippen molar-refractivity contribution in [3.05, 3.63) is 81.2 Å². The van der Waals surface area contributed by atoms with Crippen LogP contribution >= 0.6 is 0 Å². The van der Waals surface area contributed by atoms with Crippen LogP contribution in [0.5, 0.6) is 0 Å². The van der Waals surface area contributed by atoms with Crippen molar-refractivity contribution in [1.29, 1.82) is 0 Å². The minimum Gasteiger partial charge on any atom is -0.318 e. The summed E-state index contributed by atoms with van der Waals surface area (Å²) in [6.45, 7) is 5.96. The van der Waals surface area contributed by atoms with Gasteiger partial charge in [0.1, 0.15) is 5.69 Å². The van der Waals surface area contributed by atoms with Crippen LogP contribution in [0.1, 0.15) is 22.5 Å². The number of hydrogen-bond donors (Lipinski definition) is 2. The molecular formula is C20H21N5O4S. The van der Waals surface area contributed by atoms with Gasteiger partial charge in [-0.3, -0.25) is 15.5 Å². The van der Waals surface area contributed by atoms with Gasteiger partial charge in [0, 0.05) is 28.7 Å². The Bertz CT molecular complexity index is 1240. The van der Waals surface area contributed by atoms with Gasteiger partial charge in [-0.05, 0) is 51.1 Å². The van der Waals surface area contributed by atoms with E-state index in [1.165, 1.54) is 17.7 Å². The molecule has 0 saturated carbocycles. The first-order valence-corrected chi connectivity index (χ1v) is 10.5. The third-order valence-corrected chi connectivity index (χ3v) is 5.56. The van der Waals surface area contributed by atoms with E-state index in [0.29, 0.717) is 0 Å². The number of anilines is 1. The van der Waals surface area contributed by atoms with E-state index in [4.69, 9.17) is 5.14 Å². The highest BCUT2D eigenvalue weighted by Gasteiger charge is 2.19. The van der Waals surface area contributed by atoms with E-state index < -0.39 is 20.6 Å². The van der Waals surface area contributed by atoms with Gasteiger partial charge in [-0.25, -0.2) is 13.6 Å². The van der Waals surface area contributed by atoms with Gasteiger partial charge in [-0.15, -0.1) is 0 Å². The van der Waals surface area contributed by atoms with Gasteiger partial charge >= 0.3 is 0 Å². The van der Waals surface area contributed by atoms with Crippen LogP contribution in [-0.2, 0) is 10.0 Å². The van der Waals surface area contributed by atoms with Gasteiger partial charge in [-0.2, -0.15) is 5.10 Å². The third kappa shape index (κ3) is 4.39. The van der Waals surface area contributed by atoms with E-state index in [2.05, 4.69) is 15.1 Å². The SMILES string of the molecule is Cc1ccc(-n2c(C)cc(C=NNc3ccc(S(N)(=O)=O)cc3[N+](=O)[O-])c2C)cc1. The Morgan fingerprint density at radius 2 is 1.77 bits per heavy atom. The number of nitro benzene ring substituents is 1. The molecule has 0 amide bonds. The second-order valence-electron chi connectivity index (χ2n) is 6.85. The summed E-state index contributed by atoms with van der Waals surface area (Å²) in [5.74, 6) is 0. The number of primary sulfonamides is 1. The lowest BCUT2D eigenvalue weighted by Crippen LogP contribution is -2.12. The second kappa shape index (κ2) is 8.09. The molecule has 0 atom stereocenters. The first-order chi connectivity index (χ1) is 14.1. The second-order valence-corrected chi connectivity index (χ2v) is 8.41. The van der Waals surface area contributed by atoms with Crippen molar-refractivity contribution in [2.24, 2.45) is 10.2 Å². The Kier molecular flexibility index (Phi) is 5.72. The fraction of sp³-hybridized carbons (Fsp3) is 0.150. The van der Waals surface area contributed by atoms with Crippen molar-refractivity contribution in [1.82, 2.24) is 4.57 Å². The van der Waals surface area contributed by atoms with E-state index in [-0.39, 0.29) is 10.6 Å². The van der Waals surface area contributed by atoms with Gasteiger partial charge in [-0.1, -0.05) is 17.7 Å². The molecule has 0 spiro atoms. The Hall–Kier alpha value is -3.50. The van der Waals surface area contributed by atoms with Crippen LogP contribution in [0.15, 0.2) is 58.5 Å². The number of hydrazone groups is 1. The number of aryl methyl sites for hydroxylation is 2. The van der Waals surface area contributed by atoms with Crippen LogP contribution in [0.3, 0.4) is 0 Å². The largest absolute Gasteiger partial charge is 0.318 e. The van der Waals surface area contributed by atoms with Gasteiger partial charge in [0.25, 0.3) is 5.69 Å². The van der Waals surface area contributed by atoms with Crippen LogP contribution < -0.4 is 10.6 Å². The maximum Gasteiger partial charge on any atom is 0.295 e. The van der Waals surface area contributed by atoms with Crippen molar-refractivity contribution < 1.29 is 13.3 Å². The van der Waals surface area contributed by atoms with E-state index in [1.54, 1.807) is 6.21 Å². The summed E-state index contributed by atoms with van der Waals surface area (Å²) in [7, 11) is -4.05. The monoisotopic (exact) mass is 427 g/mol. The molecule has 3 rings (SSSR count). The maximum atomic E-state index is 11.4. The number of nitrogens with zero attached hydrogens (tertiary/aromatic N) is 3. The summed E-state index contributed by atoms with van der Waals surface area (Å²) < 4.78 is 24.9. The van der Waals surface area contributed by atoms with E-state index >= 15 is 0 Å². The van der Waals surface area contributed by atoms with Gasteiger partial charge < -0.3 is 4.57 Å². The molecular weight excluding hydrogens is 406 g/mol. The summed E-state index contributed by atoms with van der Waals surface area (Å²) >= 11 is 0. The van der Waals surface area contributed by atoms with E-state index in [1.807, 2.05) is 51.1 Å². The summed E-state index contributed by atoms with van der Waals surface area (Å²) in [6, 6.07) is 13.4. The standard InChI is InChI=1S/C20H21N5O4S/c1-13-4-6-17(7-5-13)24-14(2)10-16(15(24)3)12-22-23-19-9-8-18(30(21,28)29)11-20(19)25(26)27/h4-12,23H,1-3H3,(H2,21,28,29). The molecule has 2 aromatic carbocycles. The minimum absolute atomic E-state index is 0.0518. The van der Waals surface area contributed by atoms with Gasteiger partial charge in [0.05, 0.1) is 16.0 Å². The maximum absolute atomic E-state index is 11.4. The Balaban J connectivity index is 1.88. The molecule has 0 aliphatic heterocycles. The number of nitrogens with one attached hydrogen (secondary N) is 1. The normalized spacial score (nSPS) is 11.7. The lowest BCUT2D eigenvalue weighted by Gasteiger charge is -2.09.